The Kier molecular flexibility index (Phi) is 3.72. The van der Waals surface area contributed by atoms with Crippen LogP contribution in [0.3, 0.4) is 0 Å². The smallest absolute Gasteiger partial charge is 0.252 e. The highest BCUT2D eigenvalue weighted by atomic mass is 16.1. The summed E-state index contributed by atoms with van der Waals surface area (Å²) in [7, 11) is 0. The molecule has 24 heavy (non-hydrogen) atoms. The normalized spacial score (nSPS) is 16.3. The minimum absolute atomic E-state index is 0.0448. The van der Waals surface area contributed by atoms with Crippen molar-refractivity contribution in [1.82, 2.24) is 24.9 Å². The van der Waals surface area contributed by atoms with E-state index >= 15 is 0 Å². The van der Waals surface area contributed by atoms with E-state index in [9.17, 15) is 4.79 Å². The van der Waals surface area contributed by atoms with E-state index in [1.54, 1.807) is 23.0 Å². The van der Waals surface area contributed by atoms with Gasteiger partial charge in [-0.25, -0.2) is 9.50 Å². The molecule has 1 amide bonds. The molecule has 4 rings (SSSR count). The lowest BCUT2D eigenvalue weighted by molar-refractivity contribution is -0.122. The van der Waals surface area contributed by atoms with Crippen LogP contribution in [0.15, 0.2) is 48.8 Å². The van der Waals surface area contributed by atoms with Gasteiger partial charge in [-0.1, -0.05) is 43.2 Å². The fraction of sp³-hybridized carbons (Fsp3) is 0.333. The molecule has 1 saturated carbocycles. The Morgan fingerprint density at radius 2 is 1.96 bits per heavy atom. The van der Waals surface area contributed by atoms with E-state index in [0.29, 0.717) is 11.6 Å². The zero-order chi connectivity index (χ0) is 16.4. The van der Waals surface area contributed by atoms with Crippen LogP contribution < -0.4 is 5.32 Å². The summed E-state index contributed by atoms with van der Waals surface area (Å²) in [6.07, 6.45) is 7.82. The van der Waals surface area contributed by atoms with Crippen molar-refractivity contribution in [1.29, 1.82) is 0 Å². The lowest BCUT2D eigenvalue weighted by Crippen LogP contribution is -2.44. The van der Waals surface area contributed by atoms with E-state index in [-0.39, 0.29) is 17.9 Å². The molecule has 3 aromatic rings. The molecule has 122 valence electrons. The Hall–Kier alpha value is -2.76. The van der Waals surface area contributed by atoms with Gasteiger partial charge >= 0.3 is 0 Å². The van der Waals surface area contributed by atoms with Gasteiger partial charge in [0, 0.05) is 12.4 Å². The Morgan fingerprint density at radius 3 is 2.71 bits per heavy atom. The molecule has 0 radical (unpaired) electrons. The van der Waals surface area contributed by atoms with Crippen LogP contribution in [0.5, 0.6) is 0 Å². The van der Waals surface area contributed by atoms with Crippen molar-refractivity contribution in [2.45, 2.75) is 37.6 Å². The quantitative estimate of drug-likeness (QED) is 0.800. The molecular formula is C18H19N5O. The highest BCUT2D eigenvalue weighted by Crippen LogP contribution is 2.38. The van der Waals surface area contributed by atoms with Crippen molar-refractivity contribution >= 4 is 11.7 Å². The standard InChI is InChI=1S/C18H19N5O/c24-16(13-15-20-17-19-11-6-12-23(17)22-15)21-18(9-4-5-10-18)14-7-2-1-3-8-14/h1-3,6-8,11-12H,4-5,9-10,13H2,(H,21,24). The number of carbonyl (C=O) groups excluding carboxylic acids is 1. The highest BCUT2D eigenvalue weighted by Gasteiger charge is 2.36. The number of carbonyl (C=O) groups is 1. The number of benzene rings is 1. The molecule has 1 N–H and O–H groups in total. The highest BCUT2D eigenvalue weighted by molar-refractivity contribution is 5.79. The number of nitrogens with one attached hydrogen (secondary N) is 1. The topological polar surface area (TPSA) is 72.2 Å². The molecule has 0 spiro atoms. The first-order chi connectivity index (χ1) is 11.8. The van der Waals surface area contributed by atoms with Crippen LogP contribution in [0.4, 0.5) is 0 Å². The molecule has 6 nitrogen and oxygen atoms in total. The largest absolute Gasteiger partial charge is 0.346 e. The molecule has 1 aliphatic carbocycles. The second kappa shape index (κ2) is 6.03. The molecule has 1 aliphatic rings. The van der Waals surface area contributed by atoms with Gasteiger partial charge in [-0.05, 0) is 24.5 Å². The second-order valence-electron chi connectivity index (χ2n) is 6.27. The SMILES string of the molecule is O=C(Cc1nc2ncccn2n1)NC1(c2ccccc2)CCCC1. The van der Waals surface area contributed by atoms with Crippen molar-refractivity contribution in [3.63, 3.8) is 0 Å². The van der Waals surface area contributed by atoms with Gasteiger partial charge in [0.1, 0.15) is 0 Å². The zero-order valence-corrected chi connectivity index (χ0v) is 13.4. The lowest BCUT2D eigenvalue weighted by Gasteiger charge is -2.31. The number of aromatic nitrogens is 4. The fourth-order valence-corrected chi connectivity index (χ4v) is 3.53. The molecule has 2 aromatic heterocycles. The number of hydrogen-bond donors (Lipinski definition) is 1. The average Bonchev–Trinajstić information content (AvgIpc) is 3.22. The van der Waals surface area contributed by atoms with Crippen molar-refractivity contribution in [3.8, 4) is 0 Å². The Labute approximate surface area is 139 Å². The zero-order valence-electron chi connectivity index (χ0n) is 13.4. The van der Waals surface area contributed by atoms with Gasteiger partial charge in [0.05, 0.1) is 12.0 Å². The first-order valence-corrected chi connectivity index (χ1v) is 8.28. The maximum atomic E-state index is 12.6. The van der Waals surface area contributed by atoms with E-state index in [1.165, 1.54) is 5.56 Å². The monoisotopic (exact) mass is 321 g/mol. The molecule has 2 heterocycles. The molecule has 0 bridgehead atoms. The van der Waals surface area contributed by atoms with E-state index in [0.717, 1.165) is 25.7 Å². The summed E-state index contributed by atoms with van der Waals surface area (Å²) in [5, 5.41) is 7.56. The molecule has 0 aliphatic heterocycles. The van der Waals surface area contributed by atoms with Gasteiger partial charge in [0.2, 0.25) is 5.91 Å². The minimum atomic E-state index is -0.254. The van der Waals surface area contributed by atoms with Crippen LogP contribution in [0.1, 0.15) is 37.1 Å². The van der Waals surface area contributed by atoms with Crippen LogP contribution in [0.2, 0.25) is 0 Å². The van der Waals surface area contributed by atoms with E-state index in [2.05, 4.69) is 32.5 Å². The maximum absolute atomic E-state index is 12.6. The van der Waals surface area contributed by atoms with E-state index in [1.807, 2.05) is 18.2 Å². The summed E-state index contributed by atoms with van der Waals surface area (Å²) in [6, 6.07) is 12.0. The summed E-state index contributed by atoms with van der Waals surface area (Å²) in [5.41, 5.74) is 0.927. The Bertz CT molecular complexity index is 819. The minimum Gasteiger partial charge on any atom is -0.346 e. The molecule has 0 saturated heterocycles. The van der Waals surface area contributed by atoms with Crippen molar-refractivity contribution < 1.29 is 4.79 Å². The van der Waals surface area contributed by atoms with Gasteiger partial charge < -0.3 is 5.32 Å². The van der Waals surface area contributed by atoms with Gasteiger partial charge in [-0.15, -0.1) is 5.10 Å². The predicted molar refractivity (Wildman–Crippen MR) is 89.2 cm³/mol. The first-order valence-electron chi connectivity index (χ1n) is 8.28. The van der Waals surface area contributed by atoms with Crippen molar-refractivity contribution in [2.75, 3.05) is 0 Å². The summed E-state index contributed by atoms with van der Waals surface area (Å²) in [4.78, 5) is 21.0. The Balaban J connectivity index is 1.53. The Morgan fingerprint density at radius 1 is 1.17 bits per heavy atom. The summed E-state index contributed by atoms with van der Waals surface area (Å²) >= 11 is 0. The summed E-state index contributed by atoms with van der Waals surface area (Å²) < 4.78 is 1.59. The second-order valence-corrected chi connectivity index (χ2v) is 6.27. The molecule has 1 fully saturated rings. The summed E-state index contributed by atoms with van der Waals surface area (Å²) in [6.45, 7) is 0. The third-order valence-electron chi connectivity index (χ3n) is 4.64. The third kappa shape index (κ3) is 2.75. The predicted octanol–water partition coefficient (Wildman–Crippen LogP) is 2.25. The van der Waals surface area contributed by atoms with Crippen LogP contribution in [0.25, 0.3) is 5.78 Å². The third-order valence-corrected chi connectivity index (χ3v) is 4.64. The average molecular weight is 321 g/mol. The fourth-order valence-electron chi connectivity index (χ4n) is 3.53. The van der Waals surface area contributed by atoms with Crippen LogP contribution >= 0.6 is 0 Å². The van der Waals surface area contributed by atoms with E-state index in [4.69, 9.17) is 0 Å². The molecule has 6 heteroatoms. The van der Waals surface area contributed by atoms with Crippen LogP contribution in [-0.4, -0.2) is 25.5 Å². The number of rotatable bonds is 4. The summed E-state index contributed by atoms with van der Waals surface area (Å²) in [5.74, 6) is 0.961. The van der Waals surface area contributed by atoms with E-state index < -0.39 is 0 Å². The lowest BCUT2D eigenvalue weighted by atomic mass is 9.88. The van der Waals surface area contributed by atoms with Crippen LogP contribution in [-0.2, 0) is 16.8 Å². The van der Waals surface area contributed by atoms with Crippen molar-refractivity contribution in [3.05, 3.63) is 60.2 Å². The molecular weight excluding hydrogens is 302 g/mol. The maximum Gasteiger partial charge on any atom is 0.252 e. The van der Waals surface area contributed by atoms with Crippen molar-refractivity contribution in [2.24, 2.45) is 0 Å². The molecule has 0 atom stereocenters. The van der Waals surface area contributed by atoms with Crippen LogP contribution in [0, 0.1) is 0 Å². The number of nitrogens with zero attached hydrogens (tertiary/aromatic N) is 4. The van der Waals surface area contributed by atoms with Gasteiger partial charge in [0.15, 0.2) is 5.82 Å². The number of amides is 1. The first kappa shape index (κ1) is 14.8. The van der Waals surface area contributed by atoms with Gasteiger partial charge in [0.25, 0.3) is 5.78 Å². The van der Waals surface area contributed by atoms with Gasteiger partial charge in [-0.3, -0.25) is 4.79 Å². The number of hydrogen-bond acceptors (Lipinski definition) is 4. The molecule has 1 aromatic carbocycles. The van der Waals surface area contributed by atoms with Gasteiger partial charge in [-0.2, -0.15) is 4.98 Å². The number of fused-ring (bicyclic) bond motifs is 1. The molecule has 0 unspecified atom stereocenters.